The molecule has 0 unspecified atom stereocenters. The Balaban J connectivity index is 1.26. The van der Waals surface area contributed by atoms with Crippen LogP contribution in [-0.2, 0) is 10.2 Å². The van der Waals surface area contributed by atoms with Crippen molar-refractivity contribution in [3.63, 3.8) is 0 Å². The number of ether oxygens (including phenoxy) is 1. The molecule has 0 aliphatic carbocycles. The maximum Gasteiger partial charge on any atom is 0.123 e. The molecule has 3 nitrogen and oxygen atoms in total. The summed E-state index contributed by atoms with van der Waals surface area (Å²) < 4.78 is 33.0. The molecule has 0 radical (unpaired) electrons. The molecule has 0 spiro atoms. The van der Waals surface area contributed by atoms with Crippen LogP contribution in [0.15, 0.2) is 78.9 Å². The van der Waals surface area contributed by atoms with Crippen LogP contribution in [0.3, 0.4) is 0 Å². The first kappa shape index (κ1) is 24.1. The minimum Gasteiger partial charge on any atom is -0.369 e. The van der Waals surface area contributed by atoms with Gasteiger partial charge >= 0.3 is 0 Å². The lowest BCUT2D eigenvalue weighted by atomic mass is 9.74. The lowest BCUT2D eigenvalue weighted by molar-refractivity contribution is 0.0741. The zero-order chi connectivity index (χ0) is 23.8. The highest BCUT2D eigenvalue weighted by molar-refractivity contribution is 5.33. The van der Waals surface area contributed by atoms with Crippen molar-refractivity contribution < 1.29 is 13.5 Å². The number of hydrogen-bond donors (Lipinski definition) is 0. The highest BCUT2D eigenvalue weighted by Crippen LogP contribution is 2.35. The van der Waals surface area contributed by atoms with Crippen LogP contribution in [0.1, 0.15) is 48.5 Å². The van der Waals surface area contributed by atoms with Crippen molar-refractivity contribution in [2.75, 3.05) is 26.2 Å². The topological polar surface area (TPSA) is 36.3 Å². The Bertz CT molecular complexity index is 1020. The Morgan fingerprint density at radius 1 is 0.824 bits per heavy atom. The van der Waals surface area contributed by atoms with Crippen molar-refractivity contribution in [1.29, 1.82) is 5.26 Å². The second-order valence-electron chi connectivity index (χ2n) is 8.96. The number of rotatable bonds is 9. The van der Waals surface area contributed by atoms with Crippen LogP contribution >= 0.6 is 0 Å². The van der Waals surface area contributed by atoms with Gasteiger partial charge in [-0.2, -0.15) is 5.26 Å². The Kier molecular flexibility index (Phi) is 8.05. The van der Waals surface area contributed by atoms with Crippen molar-refractivity contribution in [3.05, 3.63) is 107 Å². The molecule has 5 heteroatoms. The van der Waals surface area contributed by atoms with Crippen LogP contribution in [0.2, 0.25) is 0 Å². The Morgan fingerprint density at radius 2 is 1.38 bits per heavy atom. The molecule has 34 heavy (non-hydrogen) atoms. The minimum absolute atomic E-state index is 0.296. The molecule has 0 amide bonds. The molecule has 0 aromatic heterocycles. The molecule has 3 aromatic rings. The third kappa shape index (κ3) is 5.88. The number of piperidine rings is 1. The molecule has 0 bridgehead atoms. The summed E-state index contributed by atoms with van der Waals surface area (Å²) in [6.07, 6.45) is 3.21. The van der Waals surface area contributed by atoms with E-state index in [0.717, 1.165) is 62.0 Å². The smallest absolute Gasteiger partial charge is 0.123 e. The lowest BCUT2D eigenvalue weighted by Gasteiger charge is -2.37. The van der Waals surface area contributed by atoms with Crippen molar-refractivity contribution in [2.45, 2.75) is 37.2 Å². The van der Waals surface area contributed by atoms with Gasteiger partial charge in [-0.3, -0.25) is 0 Å². The van der Waals surface area contributed by atoms with Crippen LogP contribution in [0.4, 0.5) is 8.78 Å². The fourth-order valence-electron chi connectivity index (χ4n) is 4.68. The summed E-state index contributed by atoms with van der Waals surface area (Å²) in [6.45, 7) is 3.35. The minimum atomic E-state index is -0.377. The monoisotopic (exact) mass is 460 g/mol. The quantitative estimate of drug-likeness (QED) is 0.346. The predicted octanol–water partition coefficient (Wildman–Crippen LogP) is 6.41. The molecule has 1 fully saturated rings. The van der Waals surface area contributed by atoms with Gasteiger partial charge in [0.15, 0.2) is 0 Å². The highest BCUT2D eigenvalue weighted by atomic mass is 19.1. The second kappa shape index (κ2) is 11.4. The maximum absolute atomic E-state index is 13.4. The highest BCUT2D eigenvalue weighted by Gasteiger charge is 2.36. The van der Waals surface area contributed by atoms with Gasteiger partial charge in [-0.1, -0.05) is 54.6 Å². The van der Waals surface area contributed by atoms with E-state index in [1.807, 2.05) is 18.2 Å². The van der Waals surface area contributed by atoms with Gasteiger partial charge in [0.1, 0.15) is 17.7 Å². The summed E-state index contributed by atoms with van der Waals surface area (Å²) in [5.41, 5.74) is 2.44. The number of nitrogens with zero attached hydrogens (tertiary/aromatic N) is 2. The zero-order valence-electron chi connectivity index (χ0n) is 19.3. The van der Waals surface area contributed by atoms with E-state index in [4.69, 9.17) is 4.74 Å². The second-order valence-corrected chi connectivity index (χ2v) is 8.96. The maximum atomic E-state index is 13.4. The van der Waals surface area contributed by atoms with Crippen molar-refractivity contribution >= 4 is 0 Å². The van der Waals surface area contributed by atoms with Gasteiger partial charge in [-0.15, -0.1) is 0 Å². The van der Waals surface area contributed by atoms with E-state index >= 15 is 0 Å². The van der Waals surface area contributed by atoms with Crippen molar-refractivity contribution in [1.82, 2.24) is 4.90 Å². The number of unbranched alkanes of at least 4 members (excludes halogenated alkanes) is 1. The summed E-state index contributed by atoms with van der Waals surface area (Å²) in [5, 5.41) is 9.87. The van der Waals surface area contributed by atoms with Gasteiger partial charge in [0.25, 0.3) is 0 Å². The summed E-state index contributed by atoms with van der Waals surface area (Å²) >= 11 is 0. The SMILES string of the molecule is N#CC1(c2ccccc2)CCN(CCCCOC(c2ccc(F)cc2)c2ccc(F)cc2)CC1. The molecule has 0 atom stereocenters. The van der Waals surface area contributed by atoms with Gasteiger partial charge in [0.2, 0.25) is 0 Å². The number of hydrogen-bond acceptors (Lipinski definition) is 3. The molecule has 3 aromatic carbocycles. The van der Waals surface area contributed by atoms with Crippen LogP contribution in [0, 0.1) is 23.0 Å². The van der Waals surface area contributed by atoms with E-state index in [1.165, 1.54) is 24.3 Å². The lowest BCUT2D eigenvalue weighted by Crippen LogP contribution is -2.42. The Hall–Kier alpha value is -3.07. The number of nitriles is 1. The van der Waals surface area contributed by atoms with E-state index in [9.17, 15) is 14.0 Å². The molecular formula is C29H30F2N2O. The van der Waals surface area contributed by atoms with Crippen LogP contribution in [0.5, 0.6) is 0 Å². The van der Waals surface area contributed by atoms with E-state index in [0.29, 0.717) is 6.61 Å². The molecular weight excluding hydrogens is 430 g/mol. The van der Waals surface area contributed by atoms with E-state index < -0.39 is 0 Å². The zero-order valence-corrected chi connectivity index (χ0v) is 19.3. The van der Waals surface area contributed by atoms with Crippen LogP contribution in [-0.4, -0.2) is 31.1 Å². The predicted molar refractivity (Wildman–Crippen MR) is 129 cm³/mol. The third-order valence-electron chi connectivity index (χ3n) is 6.75. The third-order valence-corrected chi connectivity index (χ3v) is 6.75. The molecule has 1 aliphatic rings. The summed E-state index contributed by atoms with van der Waals surface area (Å²) in [7, 11) is 0. The summed E-state index contributed by atoms with van der Waals surface area (Å²) in [5.74, 6) is -0.591. The molecule has 4 rings (SSSR count). The summed E-state index contributed by atoms with van der Waals surface area (Å²) in [4.78, 5) is 2.43. The Labute approximate surface area is 200 Å². The van der Waals surface area contributed by atoms with Crippen LogP contribution in [0.25, 0.3) is 0 Å². The molecule has 1 aliphatic heterocycles. The largest absolute Gasteiger partial charge is 0.369 e. The number of likely N-dealkylation sites (tertiary alicyclic amines) is 1. The molecule has 0 saturated carbocycles. The van der Waals surface area contributed by atoms with Gasteiger partial charge in [-0.05, 0) is 86.3 Å². The number of benzene rings is 3. The van der Waals surface area contributed by atoms with E-state index in [1.54, 1.807) is 24.3 Å². The molecule has 1 heterocycles. The van der Waals surface area contributed by atoms with Crippen LogP contribution < -0.4 is 0 Å². The van der Waals surface area contributed by atoms with Crippen molar-refractivity contribution in [3.8, 4) is 6.07 Å². The fraction of sp³-hybridized carbons (Fsp3) is 0.345. The average Bonchev–Trinajstić information content (AvgIpc) is 2.89. The first-order valence-electron chi connectivity index (χ1n) is 11.9. The van der Waals surface area contributed by atoms with Gasteiger partial charge in [-0.25, -0.2) is 8.78 Å². The van der Waals surface area contributed by atoms with Gasteiger partial charge in [0.05, 0.1) is 11.5 Å². The molecule has 176 valence electrons. The first-order chi connectivity index (χ1) is 16.6. The van der Waals surface area contributed by atoms with Gasteiger partial charge in [0, 0.05) is 6.61 Å². The first-order valence-corrected chi connectivity index (χ1v) is 11.9. The van der Waals surface area contributed by atoms with E-state index in [2.05, 4.69) is 23.1 Å². The fourth-order valence-corrected chi connectivity index (χ4v) is 4.68. The molecule has 0 N–H and O–H groups in total. The van der Waals surface area contributed by atoms with Crippen molar-refractivity contribution in [2.24, 2.45) is 0 Å². The summed E-state index contributed by atoms with van der Waals surface area (Å²) in [6, 6.07) is 25.2. The van der Waals surface area contributed by atoms with Gasteiger partial charge < -0.3 is 9.64 Å². The van der Waals surface area contributed by atoms with E-state index in [-0.39, 0.29) is 23.2 Å². The average molecular weight is 461 g/mol. The number of halogens is 2. The normalized spacial score (nSPS) is 15.8. The molecule has 1 saturated heterocycles. The Morgan fingerprint density at radius 3 is 1.91 bits per heavy atom. The standard InChI is InChI=1S/C29H30F2N2O/c30-26-12-8-23(9-13-26)28(24-10-14-27(31)15-11-24)34-21-5-4-18-33-19-16-29(22-32,17-20-33)25-6-2-1-3-7-25/h1-3,6-15,28H,4-5,16-21H2.